The molecule has 0 aliphatic heterocycles. The maximum Gasteiger partial charge on any atom is 0.123 e. The number of hydrogen-bond acceptors (Lipinski definition) is 2. The van der Waals surface area contributed by atoms with E-state index in [1.807, 2.05) is 24.3 Å². The normalized spacial score (nSPS) is 12.2. The third-order valence-electron chi connectivity index (χ3n) is 2.21. The number of nitrogens with one attached hydrogen (secondary N) is 1. The van der Waals surface area contributed by atoms with Gasteiger partial charge in [0, 0.05) is 17.8 Å². The van der Waals surface area contributed by atoms with Crippen molar-refractivity contribution in [2.75, 3.05) is 18.6 Å². The van der Waals surface area contributed by atoms with E-state index < -0.39 is 6.67 Å². The molecule has 0 saturated heterocycles. The molecule has 2 nitrogen and oxygen atoms in total. The minimum absolute atomic E-state index is 0.118. The molecular weight excluding hydrogens is 193 g/mol. The second kappa shape index (κ2) is 6.27. The lowest BCUT2D eigenvalue weighted by Gasteiger charge is -2.13. The number of anilines is 1. The van der Waals surface area contributed by atoms with Gasteiger partial charge in [-0.1, -0.05) is 13.0 Å². The summed E-state index contributed by atoms with van der Waals surface area (Å²) in [6.07, 6.45) is 1.07. The Kier molecular flexibility index (Phi) is 4.95. The van der Waals surface area contributed by atoms with Crippen LogP contribution in [-0.4, -0.2) is 19.3 Å². The van der Waals surface area contributed by atoms with Crippen LogP contribution in [0.15, 0.2) is 24.3 Å². The molecule has 0 radical (unpaired) electrons. The Hall–Kier alpha value is -1.25. The van der Waals surface area contributed by atoms with Crippen LogP contribution >= 0.6 is 0 Å². The van der Waals surface area contributed by atoms with Gasteiger partial charge < -0.3 is 10.1 Å². The molecule has 0 spiro atoms. The Morgan fingerprint density at radius 3 is 2.93 bits per heavy atom. The van der Waals surface area contributed by atoms with Crippen molar-refractivity contribution in [2.45, 2.75) is 26.3 Å². The lowest BCUT2D eigenvalue weighted by molar-refractivity contribution is 0.273. The van der Waals surface area contributed by atoms with Crippen molar-refractivity contribution in [1.29, 1.82) is 0 Å². The summed E-state index contributed by atoms with van der Waals surface area (Å²) in [5.41, 5.74) is 1.01. The number of hydrogen-bond donors (Lipinski definition) is 1. The quantitative estimate of drug-likeness (QED) is 0.780. The van der Waals surface area contributed by atoms with Crippen LogP contribution in [-0.2, 0) is 0 Å². The third-order valence-corrected chi connectivity index (χ3v) is 2.21. The molecule has 1 aromatic rings. The van der Waals surface area contributed by atoms with E-state index in [1.54, 1.807) is 0 Å². The number of alkyl halides is 1. The van der Waals surface area contributed by atoms with E-state index in [0.29, 0.717) is 11.8 Å². The first-order valence-corrected chi connectivity index (χ1v) is 5.31. The smallest absolute Gasteiger partial charge is 0.123 e. The van der Waals surface area contributed by atoms with E-state index in [-0.39, 0.29) is 6.61 Å². The number of halogens is 1. The van der Waals surface area contributed by atoms with Crippen molar-refractivity contribution in [3.05, 3.63) is 24.3 Å². The van der Waals surface area contributed by atoms with Crippen molar-refractivity contribution in [3.8, 4) is 5.75 Å². The van der Waals surface area contributed by atoms with E-state index in [2.05, 4.69) is 19.2 Å². The van der Waals surface area contributed by atoms with Crippen LogP contribution in [0, 0.1) is 0 Å². The molecule has 0 aromatic heterocycles. The summed E-state index contributed by atoms with van der Waals surface area (Å²) in [4.78, 5) is 0. The molecule has 0 saturated carbocycles. The maximum absolute atomic E-state index is 11.9. The third kappa shape index (κ3) is 4.19. The number of benzene rings is 1. The van der Waals surface area contributed by atoms with Gasteiger partial charge >= 0.3 is 0 Å². The molecule has 15 heavy (non-hydrogen) atoms. The summed E-state index contributed by atoms with van der Waals surface area (Å²) in [7, 11) is 0. The SMILES string of the molecule is CCC(C)Nc1cccc(OCCF)c1. The van der Waals surface area contributed by atoms with Gasteiger partial charge in [-0.05, 0) is 25.5 Å². The molecule has 1 aromatic carbocycles. The van der Waals surface area contributed by atoms with Gasteiger partial charge in [0.15, 0.2) is 0 Å². The predicted octanol–water partition coefficient (Wildman–Crippen LogP) is 3.25. The van der Waals surface area contributed by atoms with Gasteiger partial charge in [0.05, 0.1) is 0 Å². The van der Waals surface area contributed by atoms with E-state index in [0.717, 1.165) is 12.1 Å². The molecule has 84 valence electrons. The molecule has 0 aliphatic carbocycles. The van der Waals surface area contributed by atoms with Crippen LogP contribution in [0.25, 0.3) is 0 Å². The van der Waals surface area contributed by atoms with Crippen LogP contribution in [0.2, 0.25) is 0 Å². The largest absolute Gasteiger partial charge is 0.491 e. The fraction of sp³-hybridized carbons (Fsp3) is 0.500. The molecule has 0 aliphatic rings. The molecule has 0 amide bonds. The Bertz CT molecular complexity index is 291. The van der Waals surface area contributed by atoms with E-state index in [4.69, 9.17) is 4.74 Å². The van der Waals surface area contributed by atoms with E-state index in [1.165, 1.54) is 0 Å². The average molecular weight is 211 g/mol. The zero-order chi connectivity index (χ0) is 11.1. The Labute approximate surface area is 90.4 Å². The first-order chi connectivity index (χ1) is 7.26. The highest BCUT2D eigenvalue weighted by Crippen LogP contribution is 2.18. The second-order valence-electron chi connectivity index (χ2n) is 3.52. The highest BCUT2D eigenvalue weighted by Gasteiger charge is 2.00. The van der Waals surface area contributed by atoms with Crippen LogP contribution < -0.4 is 10.1 Å². The van der Waals surface area contributed by atoms with Crippen molar-refractivity contribution in [2.24, 2.45) is 0 Å². The summed E-state index contributed by atoms with van der Waals surface area (Å²) in [6.45, 7) is 3.91. The van der Waals surface area contributed by atoms with Crippen LogP contribution in [0.5, 0.6) is 5.75 Å². The summed E-state index contributed by atoms with van der Waals surface area (Å²) in [6, 6.07) is 8.04. The first kappa shape index (κ1) is 11.8. The lowest BCUT2D eigenvalue weighted by Crippen LogP contribution is -2.13. The summed E-state index contributed by atoms with van der Waals surface area (Å²) in [5, 5.41) is 3.33. The van der Waals surface area contributed by atoms with Crippen molar-refractivity contribution >= 4 is 5.69 Å². The van der Waals surface area contributed by atoms with Gasteiger partial charge in [0.25, 0.3) is 0 Å². The van der Waals surface area contributed by atoms with Crippen molar-refractivity contribution in [1.82, 2.24) is 0 Å². The Morgan fingerprint density at radius 1 is 1.47 bits per heavy atom. The highest BCUT2D eigenvalue weighted by atomic mass is 19.1. The highest BCUT2D eigenvalue weighted by molar-refractivity contribution is 5.48. The predicted molar refractivity (Wildman–Crippen MR) is 61.3 cm³/mol. The van der Waals surface area contributed by atoms with Gasteiger partial charge in [-0.2, -0.15) is 0 Å². The molecule has 1 unspecified atom stereocenters. The number of ether oxygens (including phenoxy) is 1. The zero-order valence-corrected chi connectivity index (χ0v) is 9.29. The molecule has 1 atom stereocenters. The fourth-order valence-corrected chi connectivity index (χ4v) is 1.22. The molecule has 3 heteroatoms. The van der Waals surface area contributed by atoms with Crippen molar-refractivity contribution < 1.29 is 9.13 Å². The fourth-order valence-electron chi connectivity index (χ4n) is 1.22. The summed E-state index contributed by atoms with van der Waals surface area (Å²) in [5.74, 6) is 0.709. The van der Waals surface area contributed by atoms with Gasteiger partial charge in [-0.25, -0.2) is 4.39 Å². The molecular formula is C12H18FNO. The zero-order valence-electron chi connectivity index (χ0n) is 9.29. The monoisotopic (exact) mass is 211 g/mol. The molecule has 1 N–H and O–H groups in total. The molecule has 0 bridgehead atoms. The number of rotatable bonds is 6. The van der Waals surface area contributed by atoms with Crippen LogP contribution in [0.3, 0.4) is 0 Å². The van der Waals surface area contributed by atoms with Gasteiger partial charge in [-0.3, -0.25) is 0 Å². The topological polar surface area (TPSA) is 21.3 Å². The minimum Gasteiger partial charge on any atom is -0.491 e. The van der Waals surface area contributed by atoms with Crippen LogP contribution in [0.1, 0.15) is 20.3 Å². The Balaban J connectivity index is 2.57. The van der Waals surface area contributed by atoms with Crippen LogP contribution in [0.4, 0.5) is 10.1 Å². The average Bonchev–Trinajstić information content (AvgIpc) is 2.26. The molecule has 1 rings (SSSR count). The second-order valence-corrected chi connectivity index (χ2v) is 3.52. The van der Waals surface area contributed by atoms with Gasteiger partial charge in [0.1, 0.15) is 19.0 Å². The molecule has 0 heterocycles. The van der Waals surface area contributed by atoms with E-state index in [9.17, 15) is 4.39 Å². The first-order valence-electron chi connectivity index (χ1n) is 5.31. The minimum atomic E-state index is -0.455. The van der Waals surface area contributed by atoms with Gasteiger partial charge in [0.2, 0.25) is 0 Å². The lowest BCUT2D eigenvalue weighted by atomic mass is 10.2. The van der Waals surface area contributed by atoms with Gasteiger partial charge in [-0.15, -0.1) is 0 Å². The summed E-state index contributed by atoms with van der Waals surface area (Å²) >= 11 is 0. The maximum atomic E-state index is 11.9. The van der Waals surface area contributed by atoms with E-state index >= 15 is 0 Å². The van der Waals surface area contributed by atoms with Crippen molar-refractivity contribution in [3.63, 3.8) is 0 Å². The molecule has 0 fully saturated rings. The summed E-state index contributed by atoms with van der Waals surface area (Å²) < 4.78 is 17.1. The Morgan fingerprint density at radius 2 is 2.27 bits per heavy atom. The standard InChI is InChI=1S/C12H18FNO/c1-3-10(2)14-11-5-4-6-12(9-11)15-8-7-13/h4-6,9-10,14H,3,7-8H2,1-2H3.